The van der Waals surface area contributed by atoms with Gasteiger partial charge in [-0.25, -0.2) is 0 Å². The van der Waals surface area contributed by atoms with E-state index < -0.39 is 5.79 Å². The van der Waals surface area contributed by atoms with Crippen molar-refractivity contribution in [3.63, 3.8) is 0 Å². The van der Waals surface area contributed by atoms with Gasteiger partial charge in [-0.2, -0.15) is 0 Å². The van der Waals surface area contributed by atoms with Gasteiger partial charge in [0.1, 0.15) is 12.2 Å². The van der Waals surface area contributed by atoms with Crippen molar-refractivity contribution < 1.29 is 18.9 Å². The summed E-state index contributed by atoms with van der Waals surface area (Å²) in [7, 11) is 0. The molecule has 0 spiro atoms. The van der Waals surface area contributed by atoms with Crippen molar-refractivity contribution in [2.24, 2.45) is 0 Å². The van der Waals surface area contributed by atoms with Crippen LogP contribution in [0.3, 0.4) is 0 Å². The summed E-state index contributed by atoms with van der Waals surface area (Å²) >= 11 is 0. The van der Waals surface area contributed by atoms with E-state index in [4.69, 9.17) is 18.9 Å². The minimum absolute atomic E-state index is 0.0322. The average Bonchev–Trinajstić information content (AvgIpc) is 2.89. The molecule has 2 aliphatic heterocycles. The Bertz CT molecular complexity index is 445. The minimum atomic E-state index is -0.595. The lowest BCUT2D eigenvalue weighted by molar-refractivity contribution is -0.219. The summed E-state index contributed by atoms with van der Waals surface area (Å²) in [5, 5.41) is 0. The molecule has 2 heterocycles. The van der Waals surface area contributed by atoms with Gasteiger partial charge < -0.3 is 18.9 Å². The number of ether oxygens (including phenoxy) is 4. The van der Waals surface area contributed by atoms with E-state index in [1.807, 2.05) is 32.0 Å². The number of fused-ring (bicyclic) bond motifs is 1. The van der Waals surface area contributed by atoms with Crippen molar-refractivity contribution in [3.05, 3.63) is 35.9 Å². The monoisotopic (exact) mass is 278 g/mol. The van der Waals surface area contributed by atoms with Gasteiger partial charge in [0.2, 0.25) is 0 Å². The van der Waals surface area contributed by atoms with Crippen LogP contribution >= 0.6 is 0 Å². The number of rotatable bonds is 4. The second kappa shape index (κ2) is 5.45. The van der Waals surface area contributed by atoms with E-state index >= 15 is 0 Å². The molecular weight excluding hydrogens is 256 g/mol. The molecule has 0 aliphatic carbocycles. The largest absolute Gasteiger partial charge is 0.368 e. The summed E-state index contributed by atoms with van der Waals surface area (Å²) in [6, 6.07) is 10.2. The SMILES string of the molecule is CC[C@H]1O[C@H]2OC(C)(C)OC2C1OCc1ccccc1. The van der Waals surface area contributed by atoms with E-state index in [-0.39, 0.29) is 24.6 Å². The van der Waals surface area contributed by atoms with E-state index in [0.717, 1.165) is 12.0 Å². The first-order valence-corrected chi connectivity index (χ1v) is 7.26. The minimum Gasteiger partial charge on any atom is -0.368 e. The number of hydrogen-bond donors (Lipinski definition) is 0. The van der Waals surface area contributed by atoms with Gasteiger partial charge in [-0.1, -0.05) is 37.3 Å². The molecular formula is C16H22O4. The molecule has 2 fully saturated rings. The lowest BCUT2D eigenvalue weighted by atomic mass is 10.1. The van der Waals surface area contributed by atoms with E-state index in [9.17, 15) is 0 Å². The molecule has 2 unspecified atom stereocenters. The number of hydrogen-bond acceptors (Lipinski definition) is 4. The molecule has 2 aliphatic rings. The fourth-order valence-corrected chi connectivity index (χ4v) is 2.84. The zero-order chi connectivity index (χ0) is 14.2. The molecule has 0 radical (unpaired) electrons. The Morgan fingerprint density at radius 1 is 1.15 bits per heavy atom. The van der Waals surface area contributed by atoms with Gasteiger partial charge in [-0.05, 0) is 25.8 Å². The van der Waals surface area contributed by atoms with Crippen LogP contribution in [0.25, 0.3) is 0 Å². The lowest BCUT2D eigenvalue weighted by Gasteiger charge is -2.25. The van der Waals surface area contributed by atoms with Gasteiger partial charge in [0, 0.05) is 0 Å². The van der Waals surface area contributed by atoms with E-state index in [0.29, 0.717) is 6.61 Å². The zero-order valence-corrected chi connectivity index (χ0v) is 12.2. The Balaban J connectivity index is 1.67. The highest BCUT2D eigenvalue weighted by atomic mass is 16.8. The summed E-state index contributed by atoms with van der Waals surface area (Å²) in [5.74, 6) is -0.595. The van der Waals surface area contributed by atoms with Gasteiger partial charge in [-0.3, -0.25) is 0 Å². The molecule has 0 saturated carbocycles. The van der Waals surface area contributed by atoms with Gasteiger partial charge >= 0.3 is 0 Å². The third-order valence-corrected chi connectivity index (χ3v) is 3.77. The molecule has 4 atom stereocenters. The van der Waals surface area contributed by atoms with Gasteiger partial charge in [0.15, 0.2) is 12.1 Å². The van der Waals surface area contributed by atoms with E-state index in [1.54, 1.807) is 0 Å². The molecule has 2 saturated heterocycles. The van der Waals surface area contributed by atoms with Crippen LogP contribution in [0.5, 0.6) is 0 Å². The van der Waals surface area contributed by atoms with Gasteiger partial charge in [0.25, 0.3) is 0 Å². The standard InChI is InChI=1S/C16H22O4/c1-4-12-13(17-10-11-8-6-5-7-9-11)14-15(18-12)20-16(2,3)19-14/h5-9,12-15H,4,10H2,1-3H3/t12-,13?,14?,15+/m1/s1. The van der Waals surface area contributed by atoms with Crippen molar-refractivity contribution in [3.8, 4) is 0 Å². The van der Waals surface area contributed by atoms with Crippen molar-refractivity contribution in [2.75, 3.05) is 0 Å². The van der Waals surface area contributed by atoms with Crippen LogP contribution < -0.4 is 0 Å². The molecule has 1 aromatic rings. The van der Waals surface area contributed by atoms with Crippen molar-refractivity contribution in [2.45, 2.75) is 64.2 Å². The summed E-state index contributed by atoms with van der Waals surface area (Å²) in [5.41, 5.74) is 1.16. The molecule has 0 aromatic heterocycles. The first kappa shape index (κ1) is 14.0. The Morgan fingerprint density at radius 3 is 2.60 bits per heavy atom. The normalized spacial score (nSPS) is 35.1. The predicted octanol–water partition coefficient (Wildman–Crippen LogP) is 2.86. The first-order valence-electron chi connectivity index (χ1n) is 7.26. The van der Waals surface area contributed by atoms with Crippen molar-refractivity contribution >= 4 is 0 Å². The fourth-order valence-electron chi connectivity index (χ4n) is 2.84. The Labute approximate surface area is 120 Å². The highest BCUT2D eigenvalue weighted by Crippen LogP contribution is 2.39. The summed E-state index contributed by atoms with van der Waals surface area (Å²) < 4.78 is 23.7. The molecule has 1 aromatic carbocycles. The second-order valence-corrected chi connectivity index (χ2v) is 5.81. The van der Waals surface area contributed by atoms with Crippen molar-refractivity contribution in [1.29, 1.82) is 0 Å². The predicted molar refractivity (Wildman–Crippen MR) is 74.0 cm³/mol. The molecule has 0 N–H and O–H groups in total. The third kappa shape index (κ3) is 2.74. The molecule has 3 rings (SSSR count). The van der Waals surface area contributed by atoms with Gasteiger partial charge in [0.05, 0.1) is 12.7 Å². The van der Waals surface area contributed by atoms with Crippen LogP contribution in [0.4, 0.5) is 0 Å². The summed E-state index contributed by atoms with van der Waals surface area (Å²) in [6.45, 7) is 6.47. The second-order valence-electron chi connectivity index (χ2n) is 5.81. The highest BCUT2D eigenvalue weighted by molar-refractivity contribution is 5.13. The number of benzene rings is 1. The van der Waals surface area contributed by atoms with E-state index in [2.05, 4.69) is 19.1 Å². The highest BCUT2D eigenvalue weighted by Gasteiger charge is 2.54. The lowest BCUT2D eigenvalue weighted by Crippen LogP contribution is -2.36. The van der Waals surface area contributed by atoms with E-state index in [1.165, 1.54) is 0 Å². The average molecular weight is 278 g/mol. The Kier molecular flexibility index (Phi) is 3.82. The fraction of sp³-hybridized carbons (Fsp3) is 0.625. The molecule has 110 valence electrons. The molecule has 4 heteroatoms. The Hall–Kier alpha value is -0.940. The summed E-state index contributed by atoms with van der Waals surface area (Å²) in [6.07, 6.45) is 0.394. The maximum absolute atomic E-state index is 6.07. The zero-order valence-electron chi connectivity index (χ0n) is 12.2. The Morgan fingerprint density at radius 2 is 1.90 bits per heavy atom. The van der Waals surface area contributed by atoms with Crippen LogP contribution in [-0.2, 0) is 25.6 Å². The van der Waals surface area contributed by atoms with Crippen LogP contribution in [-0.4, -0.2) is 30.4 Å². The van der Waals surface area contributed by atoms with Crippen LogP contribution in [0.2, 0.25) is 0 Å². The first-order chi connectivity index (χ1) is 9.59. The maximum Gasteiger partial charge on any atom is 0.190 e. The van der Waals surface area contributed by atoms with Crippen molar-refractivity contribution in [1.82, 2.24) is 0 Å². The third-order valence-electron chi connectivity index (χ3n) is 3.77. The summed E-state index contributed by atoms with van der Waals surface area (Å²) in [4.78, 5) is 0. The molecule has 0 bridgehead atoms. The van der Waals surface area contributed by atoms with Crippen LogP contribution in [0, 0.1) is 0 Å². The molecule has 4 nitrogen and oxygen atoms in total. The smallest absolute Gasteiger partial charge is 0.190 e. The maximum atomic E-state index is 6.07. The van der Waals surface area contributed by atoms with Crippen LogP contribution in [0.1, 0.15) is 32.8 Å². The van der Waals surface area contributed by atoms with Gasteiger partial charge in [-0.15, -0.1) is 0 Å². The molecule has 0 amide bonds. The topological polar surface area (TPSA) is 36.9 Å². The quantitative estimate of drug-likeness (QED) is 0.848. The molecule has 20 heavy (non-hydrogen) atoms. The van der Waals surface area contributed by atoms with Crippen LogP contribution in [0.15, 0.2) is 30.3 Å².